The Kier molecular flexibility index (Phi) is 4.13. The predicted molar refractivity (Wildman–Crippen MR) is 92.1 cm³/mol. The first-order valence-corrected chi connectivity index (χ1v) is 8.44. The molecule has 2 aromatic heterocycles. The van der Waals surface area contributed by atoms with Gasteiger partial charge in [-0.3, -0.25) is 14.3 Å². The highest BCUT2D eigenvalue weighted by Crippen LogP contribution is 2.26. The van der Waals surface area contributed by atoms with Gasteiger partial charge in [-0.05, 0) is 19.4 Å². The van der Waals surface area contributed by atoms with E-state index in [2.05, 4.69) is 50.5 Å². The lowest BCUT2D eigenvalue weighted by atomic mass is 10.1. The summed E-state index contributed by atoms with van der Waals surface area (Å²) in [6.45, 7) is 2.96. The Morgan fingerprint density at radius 1 is 1.21 bits per heavy atom. The maximum absolute atomic E-state index is 4.69. The van der Waals surface area contributed by atoms with Gasteiger partial charge in [0.05, 0.1) is 12.2 Å². The van der Waals surface area contributed by atoms with Crippen molar-refractivity contribution in [3.63, 3.8) is 0 Å². The minimum Gasteiger partial charge on any atom is -0.294 e. The molecule has 0 N–H and O–H groups in total. The van der Waals surface area contributed by atoms with Crippen LogP contribution < -0.4 is 0 Å². The largest absolute Gasteiger partial charge is 0.294 e. The topological polar surface area (TPSA) is 51.8 Å². The summed E-state index contributed by atoms with van der Waals surface area (Å²) in [5.74, 6) is 0. The van der Waals surface area contributed by atoms with Gasteiger partial charge in [-0.1, -0.05) is 30.3 Å². The molecule has 1 aliphatic heterocycles. The van der Waals surface area contributed by atoms with Gasteiger partial charge >= 0.3 is 0 Å². The maximum Gasteiger partial charge on any atom is 0.137 e. The molecular weight excluding hydrogens is 300 g/mol. The molecule has 0 aliphatic carbocycles. The number of likely N-dealkylation sites (tertiary alicyclic amines) is 1. The lowest BCUT2D eigenvalue weighted by Crippen LogP contribution is -2.32. The molecule has 6 nitrogen and oxygen atoms in total. The monoisotopic (exact) mass is 322 g/mol. The Bertz CT molecular complexity index is 777. The number of hydrogen-bond acceptors (Lipinski definition) is 4. The Hall–Kier alpha value is -2.47. The van der Waals surface area contributed by atoms with E-state index in [0.717, 1.165) is 25.3 Å². The van der Waals surface area contributed by atoms with E-state index in [9.17, 15) is 0 Å². The zero-order valence-electron chi connectivity index (χ0n) is 13.9. The van der Waals surface area contributed by atoms with Gasteiger partial charge < -0.3 is 0 Å². The first-order valence-electron chi connectivity index (χ1n) is 8.44. The number of aromatic nitrogens is 5. The van der Waals surface area contributed by atoms with Crippen LogP contribution in [-0.2, 0) is 20.1 Å². The van der Waals surface area contributed by atoms with Crippen molar-refractivity contribution in [2.75, 3.05) is 6.54 Å². The summed E-state index contributed by atoms with van der Waals surface area (Å²) in [4.78, 5) is 6.60. The fourth-order valence-corrected chi connectivity index (χ4v) is 3.56. The molecule has 1 fully saturated rings. The van der Waals surface area contributed by atoms with Gasteiger partial charge in [-0.15, -0.1) is 0 Å². The van der Waals surface area contributed by atoms with E-state index in [1.807, 2.05) is 22.5 Å². The first-order chi connectivity index (χ1) is 11.8. The van der Waals surface area contributed by atoms with Crippen LogP contribution in [0.2, 0.25) is 0 Å². The Balaban J connectivity index is 1.54. The van der Waals surface area contributed by atoms with E-state index >= 15 is 0 Å². The summed E-state index contributed by atoms with van der Waals surface area (Å²) in [5.41, 5.74) is 3.55. The molecule has 6 heteroatoms. The van der Waals surface area contributed by atoms with Gasteiger partial charge in [0.2, 0.25) is 0 Å². The molecule has 0 radical (unpaired) electrons. The lowest BCUT2D eigenvalue weighted by molar-refractivity contribution is 0.219. The van der Waals surface area contributed by atoms with E-state index in [-0.39, 0.29) is 0 Å². The van der Waals surface area contributed by atoms with Crippen LogP contribution in [0.4, 0.5) is 0 Å². The van der Waals surface area contributed by atoms with E-state index < -0.39 is 0 Å². The molecule has 3 heterocycles. The highest BCUT2D eigenvalue weighted by molar-refractivity contribution is 5.62. The van der Waals surface area contributed by atoms with Gasteiger partial charge in [-0.2, -0.15) is 10.2 Å². The van der Waals surface area contributed by atoms with E-state index in [1.54, 1.807) is 12.7 Å². The molecule has 1 aromatic carbocycles. The molecule has 0 saturated carbocycles. The number of nitrogens with zero attached hydrogens (tertiary/aromatic N) is 6. The normalized spacial score (nSPS) is 18.3. The summed E-state index contributed by atoms with van der Waals surface area (Å²) >= 11 is 0. The number of aryl methyl sites for hydroxylation is 1. The zero-order valence-corrected chi connectivity index (χ0v) is 13.9. The summed E-state index contributed by atoms with van der Waals surface area (Å²) in [7, 11) is 1.99. The van der Waals surface area contributed by atoms with Crippen LogP contribution in [0.3, 0.4) is 0 Å². The molecule has 1 atom stereocenters. The number of benzene rings is 1. The van der Waals surface area contributed by atoms with Crippen LogP contribution >= 0.6 is 0 Å². The number of hydrogen-bond donors (Lipinski definition) is 0. The van der Waals surface area contributed by atoms with E-state index in [0.29, 0.717) is 6.04 Å². The van der Waals surface area contributed by atoms with Crippen LogP contribution in [0, 0.1) is 0 Å². The number of rotatable bonds is 5. The molecule has 0 bridgehead atoms. The van der Waals surface area contributed by atoms with Crippen molar-refractivity contribution >= 4 is 0 Å². The molecule has 3 aromatic rings. The van der Waals surface area contributed by atoms with Crippen molar-refractivity contribution in [2.45, 2.75) is 32.0 Å². The van der Waals surface area contributed by atoms with Crippen molar-refractivity contribution in [2.24, 2.45) is 7.05 Å². The third-order valence-corrected chi connectivity index (χ3v) is 4.69. The highest BCUT2D eigenvalue weighted by atomic mass is 15.3. The Labute approximate surface area is 141 Å². The van der Waals surface area contributed by atoms with Crippen LogP contribution in [0.1, 0.15) is 18.4 Å². The predicted octanol–water partition coefficient (Wildman–Crippen LogP) is 2.34. The second-order valence-electron chi connectivity index (χ2n) is 6.43. The van der Waals surface area contributed by atoms with Gasteiger partial charge in [0.1, 0.15) is 12.7 Å². The summed E-state index contributed by atoms with van der Waals surface area (Å²) in [5, 5.41) is 8.94. The fraction of sp³-hybridized carbons (Fsp3) is 0.389. The van der Waals surface area contributed by atoms with Crippen molar-refractivity contribution in [1.82, 2.24) is 29.4 Å². The Morgan fingerprint density at radius 2 is 2.08 bits per heavy atom. The summed E-state index contributed by atoms with van der Waals surface area (Å²) < 4.78 is 3.85. The quantitative estimate of drug-likeness (QED) is 0.723. The van der Waals surface area contributed by atoms with Crippen LogP contribution in [0.15, 0.2) is 49.2 Å². The summed E-state index contributed by atoms with van der Waals surface area (Å²) in [6, 6.07) is 10.9. The van der Waals surface area contributed by atoms with E-state index in [4.69, 9.17) is 0 Å². The molecule has 1 saturated heterocycles. The lowest BCUT2D eigenvalue weighted by Gasteiger charge is -2.24. The molecule has 4 rings (SSSR count). The zero-order chi connectivity index (χ0) is 16.4. The molecule has 124 valence electrons. The molecule has 1 unspecified atom stereocenters. The van der Waals surface area contributed by atoms with Gasteiger partial charge in [0.15, 0.2) is 0 Å². The average Bonchev–Trinajstić information content (AvgIpc) is 3.32. The van der Waals surface area contributed by atoms with Gasteiger partial charge in [0, 0.05) is 37.0 Å². The molecular formula is C18H22N6. The molecule has 0 spiro atoms. The van der Waals surface area contributed by atoms with Crippen LogP contribution in [0.5, 0.6) is 0 Å². The summed E-state index contributed by atoms with van der Waals surface area (Å²) in [6.07, 6.45) is 8.00. The maximum atomic E-state index is 4.69. The Morgan fingerprint density at radius 3 is 2.88 bits per heavy atom. The minimum absolute atomic E-state index is 0.510. The van der Waals surface area contributed by atoms with E-state index in [1.165, 1.54) is 24.0 Å². The molecule has 0 amide bonds. The SMILES string of the molecule is Cn1cc(CN2CCCC2Cn2cncn2)c(-c2ccccc2)n1. The second-order valence-corrected chi connectivity index (χ2v) is 6.43. The van der Waals surface area contributed by atoms with Crippen molar-refractivity contribution in [3.8, 4) is 11.3 Å². The van der Waals surface area contributed by atoms with Crippen molar-refractivity contribution < 1.29 is 0 Å². The highest BCUT2D eigenvalue weighted by Gasteiger charge is 2.26. The first kappa shape index (κ1) is 15.1. The van der Waals surface area contributed by atoms with Crippen LogP contribution in [0.25, 0.3) is 11.3 Å². The second kappa shape index (κ2) is 6.57. The van der Waals surface area contributed by atoms with Gasteiger partial charge in [-0.25, -0.2) is 4.98 Å². The van der Waals surface area contributed by atoms with Crippen molar-refractivity contribution in [1.29, 1.82) is 0 Å². The van der Waals surface area contributed by atoms with Gasteiger partial charge in [0.25, 0.3) is 0 Å². The molecule has 24 heavy (non-hydrogen) atoms. The minimum atomic E-state index is 0.510. The van der Waals surface area contributed by atoms with Crippen LogP contribution in [-0.4, -0.2) is 42.0 Å². The fourth-order valence-electron chi connectivity index (χ4n) is 3.56. The average molecular weight is 322 g/mol. The third-order valence-electron chi connectivity index (χ3n) is 4.69. The molecule has 1 aliphatic rings. The van der Waals surface area contributed by atoms with Crippen molar-refractivity contribution in [3.05, 3.63) is 54.7 Å². The smallest absolute Gasteiger partial charge is 0.137 e. The third kappa shape index (κ3) is 3.10. The standard InChI is InChI=1S/C18H22N6/c1-22-10-16(18(21-22)15-6-3-2-4-7-15)11-23-9-5-8-17(23)12-24-14-19-13-20-24/h2-4,6-7,10,13-14,17H,5,8-9,11-12H2,1H3.